The average Bonchev–Trinajstić information content (AvgIpc) is 3.05. The smallest absolute Gasteiger partial charge is 0.407 e. The molecule has 0 bridgehead atoms. The van der Waals surface area contributed by atoms with Crippen molar-refractivity contribution in [3.05, 3.63) is 59.7 Å². The number of benzene rings is 2. The Morgan fingerprint density at radius 1 is 1.11 bits per heavy atom. The van der Waals surface area contributed by atoms with Crippen LogP contribution < -0.4 is 11.1 Å². The van der Waals surface area contributed by atoms with Gasteiger partial charge in [-0.1, -0.05) is 48.5 Å². The zero-order chi connectivity index (χ0) is 19.9. The van der Waals surface area contributed by atoms with E-state index >= 15 is 0 Å². The Morgan fingerprint density at radius 2 is 1.74 bits per heavy atom. The average molecular weight is 369 g/mol. The molecule has 1 atom stereocenters. The topological polar surface area (TPSA) is 102 Å². The van der Waals surface area contributed by atoms with E-state index in [4.69, 9.17) is 11.9 Å². The zero-order valence-electron chi connectivity index (χ0n) is 16.0. The van der Waals surface area contributed by atoms with Gasteiger partial charge in [0.15, 0.2) is 0 Å². The van der Waals surface area contributed by atoms with Gasteiger partial charge >= 0.3 is 12.1 Å². The molecule has 0 spiro atoms. The van der Waals surface area contributed by atoms with Gasteiger partial charge in [0.1, 0.15) is 12.6 Å². The van der Waals surface area contributed by atoms with Crippen LogP contribution in [0.2, 0.25) is 0 Å². The van der Waals surface area contributed by atoms with E-state index in [9.17, 15) is 9.59 Å². The monoisotopic (exact) mass is 369 g/mol. The molecule has 0 saturated carbocycles. The molecule has 6 heteroatoms. The number of nitrogens with two attached hydrogens (primary N) is 1. The van der Waals surface area contributed by atoms with Crippen LogP contribution in [0.4, 0.5) is 4.79 Å². The number of carboxylic acid groups (broad SMARTS) is 1. The number of alkyl carbamates (subject to hydrolysis) is 1. The number of rotatable bonds is 8. The van der Waals surface area contributed by atoms with Crippen molar-refractivity contribution in [3.8, 4) is 11.1 Å². The van der Waals surface area contributed by atoms with E-state index in [2.05, 4.69) is 22.6 Å². The molecule has 0 heterocycles. The lowest BCUT2D eigenvalue weighted by Gasteiger charge is -2.17. The van der Waals surface area contributed by atoms with Crippen LogP contribution in [-0.2, 0) is 9.53 Å². The van der Waals surface area contributed by atoms with E-state index in [0.29, 0.717) is 25.8 Å². The second-order valence-corrected chi connectivity index (χ2v) is 6.63. The fourth-order valence-corrected chi connectivity index (χ4v) is 3.52. The molecule has 0 unspecified atom stereocenters. The van der Waals surface area contributed by atoms with Crippen molar-refractivity contribution in [3.63, 3.8) is 0 Å². The normalized spacial score (nSPS) is 13.9. The molecule has 2 aromatic carbocycles. The fraction of sp³-hybridized carbons (Fsp3) is 0.333. The highest BCUT2D eigenvalue weighted by molar-refractivity contribution is 5.81. The van der Waals surface area contributed by atoms with Gasteiger partial charge in [0.05, 0.1) is 0 Å². The predicted octanol–water partition coefficient (Wildman–Crippen LogP) is 3.11. The number of aliphatic carboxylic acids is 1. The lowest BCUT2D eigenvalue weighted by atomic mass is 9.98. The molecule has 0 aromatic heterocycles. The van der Waals surface area contributed by atoms with Gasteiger partial charge in [-0.3, -0.25) is 0 Å². The summed E-state index contributed by atoms with van der Waals surface area (Å²) in [6, 6.07) is 15.2. The maximum Gasteiger partial charge on any atom is 0.407 e. The van der Waals surface area contributed by atoms with Gasteiger partial charge in [-0.2, -0.15) is 0 Å². The third kappa shape index (κ3) is 4.28. The van der Waals surface area contributed by atoms with Crippen molar-refractivity contribution in [2.75, 3.05) is 13.2 Å². The molecule has 1 aliphatic rings. The fourth-order valence-electron chi connectivity index (χ4n) is 3.52. The Bertz CT molecular complexity index is 797. The van der Waals surface area contributed by atoms with Gasteiger partial charge in [0.25, 0.3) is 1.43 Å². The van der Waals surface area contributed by atoms with E-state index < -0.39 is 18.1 Å². The Balaban J connectivity index is 1.64. The number of carboxylic acids is 1. The van der Waals surface area contributed by atoms with Gasteiger partial charge in [0, 0.05) is 5.92 Å². The first-order chi connectivity index (χ1) is 13.7. The van der Waals surface area contributed by atoms with E-state index in [1.165, 1.54) is 0 Å². The maximum atomic E-state index is 12.3. The molecule has 6 nitrogen and oxygen atoms in total. The van der Waals surface area contributed by atoms with Crippen molar-refractivity contribution in [2.45, 2.75) is 31.2 Å². The molecule has 2 aromatic rings. The summed E-state index contributed by atoms with van der Waals surface area (Å²) >= 11 is 0. The SMILES string of the molecule is [2H]OC(=O)[C@H](CCCCN)NC(=O)OCC1c2ccccc2-c2ccccc21. The van der Waals surface area contributed by atoms with Gasteiger partial charge in [-0.15, -0.1) is 0 Å². The van der Waals surface area contributed by atoms with Crippen LogP contribution >= 0.6 is 0 Å². The van der Waals surface area contributed by atoms with E-state index in [0.717, 1.165) is 22.3 Å². The Hall–Kier alpha value is -2.86. The molecule has 0 radical (unpaired) electrons. The molecule has 0 fully saturated rings. The molecule has 0 aliphatic heterocycles. The van der Waals surface area contributed by atoms with Crippen LogP contribution in [0.1, 0.15) is 36.3 Å². The molecule has 0 saturated heterocycles. The van der Waals surface area contributed by atoms with Crippen LogP contribution in [0.3, 0.4) is 0 Å². The number of ether oxygens (including phenoxy) is 1. The summed E-state index contributed by atoms with van der Waals surface area (Å²) < 4.78 is 12.2. The first-order valence-corrected chi connectivity index (χ1v) is 9.14. The van der Waals surface area contributed by atoms with Gasteiger partial charge in [-0.25, -0.2) is 9.59 Å². The Labute approximate surface area is 159 Å². The number of hydrogen-bond acceptors (Lipinski definition) is 5. The van der Waals surface area contributed by atoms with Gasteiger partial charge < -0.3 is 20.9 Å². The standard InChI is InChI=1S/C21H24N2O4/c22-12-6-5-11-19(20(24)25)23-21(26)27-13-18-16-9-3-1-7-14(16)15-8-2-4-10-17(15)18/h1-4,7-10,18-19H,5-6,11-13,22H2,(H,23,26)(H,24,25)/t19-/m0/s1/i/hD. The highest BCUT2D eigenvalue weighted by atomic mass is 16.5. The molecule has 3 rings (SSSR count). The number of carbonyl (C=O) groups is 2. The summed E-state index contributed by atoms with van der Waals surface area (Å²) in [6.45, 7) is 0.652. The number of hydrogen-bond donors (Lipinski definition) is 3. The number of fused-ring (bicyclic) bond motifs is 3. The van der Waals surface area contributed by atoms with Gasteiger partial charge in [0.2, 0.25) is 0 Å². The minimum absolute atomic E-state index is 0.0584. The number of carbonyl (C=O) groups excluding carboxylic acids is 1. The van der Waals surface area contributed by atoms with Crippen molar-refractivity contribution in [2.24, 2.45) is 5.73 Å². The van der Waals surface area contributed by atoms with Crippen LogP contribution in [0.5, 0.6) is 0 Å². The summed E-state index contributed by atoms with van der Waals surface area (Å²) in [5, 5.41) is 6.53. The lowest BCUT2D eigenvalue weighted by Crippen LogP contribution is -2.41. The second-order valence-electron chi connectivity index (χ2n) is 6.63. The summed E-state index contributed by atoms with van der Waals surface area (Å²) in [6.07, 6.45) is 0.998. The van der Waals surface area contributed by atoms with Crippen molar-refractivity contribution in [1.29, 1.82) is 1.43 Å². The first-order valence-electron chi connectivity index (χ1n) is 9.55. The summed E-state index contributed by atoms with van der Waals surface area (Å²) in [4.78, 5) is 24.0. The molecule has 4 N–H and O–H groups in total. The largest absolute Gasteiger partial charge is 0.480 e. The molecule has 1 amide bonds. The van der Waals surface area contributed by atoms with Crippen LogP contribution in [0.15, 0.2) is 48.5 Å². The quantitative estimate of drug-likeness (QED) is 0.621. The molecule has 1 aliphatic carbocycles. The van der Waals surface area contributed by atoms with Crippen LogP contribution in [0, 0.1) is 0 Å². The number of unbranched alkanes of at least 4 members (excludes halogenated alkanes) is 1. The van der Waals surface area contributed by atoms with Crippen LogP contribution in [0.25, 0.3) is 12.6 Å². The van der Waals surface area contributed by atoms with Crippen LogP contribution in [-0.4, -0.2) is 36.4 Å². The van der Waals surface area contributed by atoms with Crippen molar-refractivity contribution >= 4 is 12.1 Å². The molecular weight excluding hydrogens is 344 g/mol. The van der Waals surface area contributed by atoms with Crippen molar-refractivity contribution < 1.29 is 19.4 Å². The summed E-state index contributed by atoms with van der Waals surface area (Å²) in [7, 11) is 0. The van der Waals surface area contributed by atoms with E-state index in [-0.39, 0.29) is 12.5 Å². The minimum Gasteiger partial charge on any atom is -0.480 e. The van der Waals surface area contributed by atoms with Gasteiger partial charge in [-0.05, 0) is 48.1 Å². The van der Waals surface area contributed by atoms with E-state index in [1.54, 1.807) is 0 Å². The summed E-state index contributed by atoms with van der Waals surface area (Å²) in [5.41, 5.74) is 9.97. The highest BCUT2D eigenvalue weighted by Crippen LogP contribution is 2.44. The third-order valence-corrected chi connectivity index (χ3v) is 4.87. The Morgan fingerprint density at radius 3 is 2.33 bits per heavy atom. The highest BCUT2D eigenvalue weighted by Gasteiger charge is 2.29. The minimum atomic E-state index is -0.917. The molecule has 142 valence electrons. The Kier molecular flexibility index (Phi) is 5.64. The number of nitrogens with one attached hydrogen (secondary N) is 1. The third-order valence-electron chi connectivity index (χ3n) is 4.87. The predicted molar refractivity (Wildman–Crippen MR) is 103 cm³/mol. The first kappa shape index (κ1) is 17.5. The molecular formula is C21H24N2O4. The van der Waals surface area contributed by atoms with Crippen molar-refractivity contribution in [1.82, 2.24) is 5.32 Å². The maximum absolute atomic E-state index is 12.3. The molecule has 27 heavy (non-hydrogen) atoms. The summed E-state index contributed by atoms with van der Waals surface area (Å²) in [5.74, 6) is -0.873. The number of amides is 1. The zero-order valence-corrected chi connectivity index (χ0v) is 15.0. The second kappa shape index (κ2) is 8.68. The lowest BCUT2D eigenvalue weighted by molar-refractivity contribution is -0.139. The van der Waals surface area contributed by atoms with E-state index in [1.807, 2.05) is 36.4 Å².